The monoisotopic (exact) mass is 411 g/mol. The van der Waals surface area contributed by atoms with Gasteiger partial charge in [0.05, 0.1) is 23.5 Å². The Morgan fingerprint density at radius 1 is 1.17 bits per heavy atom. The highest BCUT2D eigenvalue weighted by Gasteiger charge is 2.29. The lowest BCUT2D eigenvalue weighted by Gasteiger charge is -2.30. The van der Waals surface area contributed by atoms with Crippen LogP contribution < -0.4 is 16.6 Å². The summed E-state index contributed by atoms with van der Waals surface area (Å²) in [7, 11) is 2.93. The van der Waals surface area contributed by atoms with Crippen molar-refractivity contribution in [2.24, 2.45) is 20.0 Å². The Kier molecular flexibility index (Phi) is 4.98. The summed E-state index contributed by atoms with van der Waals surface area (Å²) in [6.07, 6.45) is 3.93. The smallest absolute Gasteiger partial charge is 0.332 e. The van der Waals surface area contributed by atoms with Gasteiger partial charge in [0.15, 0.2) is 5.76 Å². The molecule has 156 valence electrons. The number of nitrogens with zero attached hydrogens (tertiary/aromatic N) is 4. The van der Waals surface area contributed by atoms with Crippen LogP contribution in [0.15, 0.2) is 44.7 Å². The highest BCUT2D eigenvalue weighted by Crippen LogP contribution is 2.21. The number of nitrogens with one attached hydrogen (secondary N) is 1. The summed E-state index contributed by atoms with van der Waals surface area (Å²) in [5.41, 5.74) is -0.294. The molecule has 1 aliphatic rings. The van der Waals surface area contributed by atoms with Gasteiger partial charge in [0.1, 0.15) is 5.65 Å². The number of carbonyl (C=O) groups is 2. The number of hydrogen-bond donors (Lipinski definition) is 1. The normalized spacial score (nSPS) is 14.8. The Morgan fingerprint density at radius 2 is 1.90 bits per heavy atom. The second-order valence-electron chi connectivity index (χ2n) is 7.33. The number of anilines is 1. The molecule has 10 heteroatoms. The van der Waals surface area contributed by atoms with Gasteiger partial charge in [-0.2, -0.15) is 0 Å². The molecular formula is C20H21N5O5. The van der Waals surface area contributed by atoms with Crippen molar-refractivity contribution in [3.05, 3.63) is 57.3 Å². The Balaban J connectivity index is 1.46. The van der Waals surface area contributed by atoms with Crippen molar-refractivity contribution < 1.29 is 14.0 Å². The Labute approximate surface area is 170 Å². The molecule has 3 aromatic heterocycles. The lowest BCUT2D eigenvalue weighted by atomic mass is 9.95. The summed E-state index contributed by atoms with van der Waals surface area (Å²) in [6, 6.07) is 4.81. The molecule has 30 heavy (non-hydrogen) atoms. The van der Waals surface area contributed by atoms with Crippen molar-refractivity contribution in [1.82, 2.24) is 19.0 Å². The SMILES string of the molecule is Cn1c(=O)c2cc(NC(=O)C3CCN(C(=O)c4ccco4)CC3)cnc2n(C)c1=O. The van der Waals surface area contributed by atoms with Gasteiger partial charge >= 0.3 is 5.69 Å². The number of hydrogen-bond acceptors (Lipinski definition) is 6. The van der Waals surface area contributed by atoms with E-state index in [1.807, 2.05) is 0 Å². The van der Waals surface area contributed by atoms with E-state index in [2.05, 4.69) is 10.3 Å². The van der Waals surface area contributed by atoms with Crippen LogP contribution in [-0.2, 0) is 18.9 Å². The molecule has 0 spiro atoms. The van der Waals surface area contributed by atoms with Gasteiger partial charge in [-0.15, -0.1) is 0 Å². The maximum Gasteiger partial charge on any atom is 0.332 e. The number of carbonyl (C=O) groups excluding carboxylic acids is 2. The molecule has 2 amide bonds. The van der Waals surface area contributed by atoms with Crippen molar-refractivity contribution in [3.8, 4) is 0 Å². The maximum atomic E-state index is 12.7. The lowest BCUT2D eigenvalue weighted by Crippen LogP contribution is -2.41. The van der Waals surface area contributed by atoms with Crippen LogP contribution in [0, 0.1) is 5.92 Å². The molecule has 0 aromatic carbocycles. The number of furan rings is 1. The topological polar surface area (TPSA) is 119 Å². The van der Waals surface area contributed by atoms with Crippen molar-refractivity contribution in [2.75, 3.05) is 18.4 Å². The molecule has 0 aliphatic carbocycles. The molecule has 1 saturated heterocycles. The first kappa shape index (κ1) is 19.6. The third kappa shape index (κ3) is 3.40. The van der Waals surface area contributed by atoms with E-state index in [9.17, 15) is 19.2 Å². The van der Waals surface area contributed by atoms with Gasteiger partial charge in [0, 0.05) is 33.1 Å². The summed E-state index contributed by atoms with van der Waals surface area (Å²) in [5.74, 6) is -0.345. The van der Waals surface area contributed by atoms with Crippen molar-refractivity contribution in [3.63, 3.8) is 0 Å². The van der Waals surface area contributed by atoms with Crippen LogP contribution in [0.3, 0.4) is 0 Å². The van der Waals surface area contributed by atoms with E-state index in [1.54, 1.807) is 17.0 Å². The fourth-order valence-electron chi connectivity index (χ4n) is 3.68. The highest BCUT2D eigenvalue weighted by atomic mass is 16.3. The van der Waals surface area contributed by atoms with E-state index in [-0.39, 0.29) is 34.5 Å². The van der Waals surface area contributed by atoms with Crippen LogP contribution in [0.4, 0.5) is 5.69 Å². The van der Waals surface area contributed by atoms with Crippen LogP contribution in [0.1, 0.15) is 23.4 Å². The van der Waals surface area contributed by atoms with Gasteiger partial charge < -0.3 is 14.6 Å². The van der Waals surface area contributed by atoms with Crippen molar-refractivity contribution in [1.29, 1.82) is 0 Å². The van der Waals surface area contributed by atoms with E-state index in [0.29, 0.717) is 31.6 Å². The summed E-state index contributed by atoms with van der Waals surface area (Å²) in [6.45, 7) is 0.909. The van der Waals surface area contributed by atoms with Crippen LogP contribution >= 0.6 is 0 Å². The van der Waals surface area contributed by atoms with Gasteiger partial charge in [-0.3, -0.25) is 23.5 Å². The molecular weight excluding hydrogens is 390 g/mol. The minimum absolute atomic E-state index is 0.181. The molecule has 1 N–H and O–H groups in total. The Morgan fingerprint density at radius 3 is 2.57 bits per heavy atom. The maximum absolute atomic E-state index is 12.7. The molecule has 4 rings (SSSR count). The second-order valence-corrected chi connectivity index (χ2v) is 7.33. The summed E-state index contributed by atoms with van der Waals surface area (Å²) < 4.78 is 7.43. The first-order valence-corrected chi connectivity index (χ1v) is 9.56. The lowest BCUT2D eigenvalue weighted by molar-refractivity contribution is -0.121. The minimum Gasteiger partial charge on any atom is -0.459 e. The van der Waals surface area contributed by atoms with Gasteiger partial charge in [-0.25, -0.2) is 9.78 Å². The van der Waals surface area contributed by atoms with Gasteiger partial charge in [-0.1, -0.05) is 0 Å². The largest absolute Gasteiger partial charge is 0.459 e. The zero-order valence-electron chi connectivity index (χ0n) is 16.6. The summed E-state index contributed by atoms with van der Waals surface area (Å²) in [4.78, 5) is 55.3. The van der Waals surface area contributed by atoms with Crippen molar-refractivity contribution in [2.45, 2.75) is 12.8 Å². The molecule has 0 saturated carbocycles. The standard InChI is InChI=1S/C20H21N5O5/c1-23-16-14(18(27)24(2)20(23)29)10-13(11-21-16)22-17(26)12-5-7-25(8-6-12)19(28)15-4-3-9-30-15/h3-4,9-12H,5-8H2,1-2H3,(H,22,26). The molecule has 0 radical (unpaired) electrons. The van der Waals surface area contributed by atoms with E-state index < -0.39 is 11.2 Å². The van der Waals surface area contributed by atoms with Gasteiger partial charge in [0.2, 0.25) is 5.91 Å². The number of piperidine rings is 1. The van der Waals surface area contributed by atoms with E-state index in [0.717, 1.165) is 4.57 Å². The average Bonchev–Trinajstić information content (AvgIpc) is 3.30. The van der Waals surface area contributed by atoms with Crippen LogP contribution in [0.25, 0.3) is 11.0 Å². The van der Waals surface area contributed by atoms with Crippen molar-refractivity contribution >= 4 is 28.5 Å². The fraction of sp³-hybridized carbons (Fsp3) is 0.350. The zero-order chi connectivity index (χ0) is 21.4. The molecule has 0 atom stereocenters. The number of fused-ring (bicyclic) bond motifs is 1. The average molecular weight is 411 g/mol. The molecule has 0 bridgehead atoms. The number of aryl methyl sites for hydroxylation is 1. The molecule has 4 heterocycles. The number of amides is 2. The number of likely N-dealkylation sites (tertiary alicyclic amines) is 1. The van der Waals surface area contributed by atoms with E-state index in [4.69, 9.17) is 4.42 Å². The number of pyridine rings is 1. The van der Waals surface area contributed by atoms with E-state index >= 15 is 0 Å². The Bertz CT molecular complexity index is 1230. The zero-order valence-corrected chi connectivity index (χ0v) is 16.6. The number of rotatable bonds is 3. The third-order valence-electron chi connectivity index (χ3n) is 5.45. The molecule has 0 unspecified atom stereocenters. The molecule has 1 aliphatic heterocycles. The number of aromatic nitrogens is 3. The van der Waals surface area contributed by atoms with Crippen LogP contribution in [0.2, 0.25) is 0 Å². The molecule has 10 nitrogen and oxygen atoms in total. The van der Waals surface area contributed by atoms with Gasteiger partial charge in [-0.05, 0) is 31.0 Å². The first-order valence-electron chi connectivity index (χ1n) is 9.56. The molecule has 3 aromatic rings. The van der Waals surface area contributed by atoms with Crippen LogP contribution in [-0.4, -0.2) is 43.9 Å². The highest BCUT2D eigenvalue weighted by molar-refractivity contribution is 5.95. The summed E-state index contributed by atoms with van der Waals surface area (Å²) in [5, 5.41) is 3.04. The molecule has 1 fully saturated rings. The third-order valence-corrected chi connectivity index (χ3v) is 5.45. The predicted molar refractivity (Wildman–Crippen MR) is 108 cm³/mol. The second kappa shape index (κ2) is 7.62. The summed E-state index contributed by atoms with van der Waals surface area (Å²) >= 11 is 0. The quantitative estimate of drug-likeness (QED) is 0.678. The van der Waals surface area contributed by atoms with Crippen LogP contribution in [0.5, 0.6) is 0 Å². The first-order chi connectivity index (χ1) is 14.4. The fourth-order valence-corrected chi connectivity index (χ4v) is 3.68. The predicted octanol–water partition coefficient (Wildman–Crippen LogP) is 0.716. The minimum atomic E-state index is -0.471. The Hall–Kier alpha value is -3.69. The van der Waals surface area contributed by atoms with E-state index in [1.165, 1.54) is 37.2 Å². The van der Waals surface area contributed by atoms with Gasteiger partial charge in [0.25, 0.3) is 11.5 Å².